The molecule has 21 heavy (non-hydrogen) atoms. The van der Waals surface area contributed by atoms with E-state index >= 15 is 0 Å². The number of carbonyl (C=O) groups is 1. The average molecular weight is 282 g/mol. The summed E-state index contributed by atoms with van der Waals surface area (Å²) in [5.74, 6) is 0.308. The fourth-order valence-electron chi connectivity index (χ4n) is 2.18. The molecule has 1 aromatic carbocycles. The standard InChI is InChI=1S/C15H14N4O2/c1-2-21-14(20)10-19-13-6-4-3-5-11(13)18-15(19)12-9-16-7-8-17-12/h3-9H,2,10H2,1H3. The van der Waals surface area contributed by atoms with Crippen molar-refractivity contribution in [2.24, 2.45) is 0 Å². The summed E-state index contributed by atoms with van der Waals surface area (Å²) in [5, 5.41) is 0. The third-order valence-electron chi connectivity index (χ3n) is 3.04. The Kier molecular flexibility index (Phi) is 3.59. The first-order chi connectivity index (χ1) is 10.3. The van der Waals surface area contributed by atoms with Crippen LogP contribution in [-0.2, 0) is 16.1 Å². The molecular weight excluding hydrogens is 268 g/mol. The lowest BCUT2D eigenvalue weighted by molar-refractivity contribution is -0.143. The van der Waals surface area contributed by atoms with Gasteiger partial charge in [-0.25, -0.2) is 9.97 Å². The van der Waals surface area contributed by atoms with Crippen molar-refractivity contribution in [1.82, 2.24) is 19.5 Å². The first kappa shape index (κ1) is 13.2. The number of hydrogen-bond acceptors (Lipinski definition) is 5. The number of benzene rings is 1. The summed E-state index contributed by atoms with van der Waals surface area (Å²) in [6.07, 6.45) is 4.83. The zero-order valence-electron chi connectivity index (χ0n) is 11.6. The van der Waals surface area contributed by atoms with E-state index in [1.165, 1.54) is 0 Å². The second-order valence-corrected chi connectivity index (χ2v) is 4.41. The van der Waals surface area contributed by atoms with Crippen LogP contribution in [0.25, 0.3) is 22.6 Å². The quantitative estimate of drug-likeness (QED) is 0.685. The van der Waals surface area contributed by atoms with Gasteiger partial charge >= 0.3 is 5.97 Å². The summed E-state index contributed by atoms with van der Waals surface area (Å²) in [4.78, 5) is 24.7. The van der Waals surface area contributed by atoms with Crippen molar-refractivity contribution in [3.8, 4) is 11.5 Å². The van der Waals surface area contributed by atoms with E-state index in [-0.39, 0.29) is 12.5 Å². The molecule has 0 amide bonds. The van der Waals surface area contributed by atoms with Gasteiger partial charge in [0.25, 0.3) is 0 Å². The van der Waals surface area contributed by atoms with Crippen molar-refractivity contribution in [2.45, 2.75) is 13.5 Å². The molecule has 0 fully saturated rings. The van der Waals surface area contributed by atoms with Crippen LogP contribution in [0.4, 0.5) is 0 Å². The molecule has 0 bridgehead atoms. The monoisotopic (exact) mass is 282 g/mol. The smallest absolute Gasteiger partial charge is 0.326 e. The molecule has 0 N–H and O–H groups in total. The average Bonchev–Trinajstić information content (AvgIpc) is 2.87. The van der Waals surface area contributed by atoms with Crippen molar-refractivity contribution in [3.63, 3.8) is 0 Å². The second kappa shape index (κ2) is 5.70. The molecule has 106 valence electrons. The van der Waals surface area contributed by atoms with Crippen LogP contribution in [0.1, 0.15) is 6.92 Å². The van der Waals surface area contributed by atoms with Gasteiger partial charge in [0, 0.05) is 12.4 Å². The zero-order chi connectivity index (χ0) is 14.7. The topological polar surface area (TPSA) is 69.9 Å². The van der Waals surface area contributed by atoms with Gasteiger partial charge in [0.05, 0.1) is 23.8 Å². The van der Waals surface area contributed by atoms with Gasteiger partial charge < -0.3 is 9.30 Å². The minimum Gasteiger partial charge on any atom is -0.465 e. The zero-order valence-corrected chi connectivity index (χ0v) is 11.6. The van der Waals surface area contributed by atoms with Crippen LogP contribution in [0, 0.1) is 0 Å². The van der Waals surface area contributed by atoms with Crippen LogP contribution in [0.5, 0.6) is 0 Å². The number of hydrogen-bond donors (Lipinski definition) is 0. The van der Waals surface area contributed by atoms with Crippen molar-refractivity contribution in [2.75, 3.05) is 6.61 Å². The number of rotatable bonds is 4. The second-order valence-electron chi connectivity index (χ2n) is 4.41. The first-order valence-corrected chi connectivity index (χ1v) is 6.67. The number of aromatic nitrogens is 4. The van der Waals surface area contributed by atoms with Gasteiger partial charge in [-0.1, -0.05) is 12.1 Å². The number of ether oxygens (including phenoxy) is 1. The van der Waals surface area contributed by atoms with E-state index in [1.807, 2.05) is 24.3 Å². The molecule has 6 heteroatoms. The largest absolute Gasteiger partial charge is 0.465 e. The van der Waals surface area contributed by atoms with Gasteiger partial charge in [0.2, 0.25) is 0 Å². The fraction of sp³-hybridized carbons (Fsp3) is 0.200. The minimum absolute atomic E-state index is 0.0975. The molecule has 0 aliphatic rings. The molecule has 3 aromatic rings. The third-order valence-corrected chi connectivity index (χ3v) is 3.04. The van der Waals surface area contributed by atoms with E-state index in [9.17, 15) is 4.79 Å². The maximum absolute atomic E-state index is 11.8. The highest BCUT2D eigenvalue weighted by Gasteiger charge is 2.16. The van der Waals surface area contributed by atoms with E-state index in [0.717, 1.165) is 11.0 Å². The molecule has 0 radical (unpaired) electrons. The molecule has 0 spiro atoms. The van der Waals surface area contributed by atoms with Gasteiger partial charge in [0.15, 0.2) is 5.82 Å². The third kappa shape index (κ3) is 2.60. The molecule has 2 heterocycles. The Bertz CT molecular complexity index is 768. The summed E-state index contributed by atoms with van der Waals surface area (Å²) >= 11 is 0. The van der Waals surface area contributed by atoms with E-state index in [0.29, 0.717) is 18.1 Å². The summed E-state index contributed by atoms with van der Waals surface area (Å²) in [7, 11) is 0. The lowest BCUT2D eigenvalue weighted by Gasteiger charge is -2.08. The molecule has 0 unspecified atom stereocenters. The highest BCUT2D eigenvalue weighted by molar-refractivity contribution is 5.82. The molecule has 0 aliphatic heterocycles. The molecule has 6 nitrogen and oxygen atoms in total. The van der Waals surface area contributed by atoms with Gasteiger partial charge in [-0.3, -0.25) is 9.78 Å². The highest BCUT2D eigenvalue weighted by Crippen LogP contribution is 2.22. The van der Waals surface area contributed by atoms with E-state index in [4.69, 9.17) is 4.74 Å². The SMILES string of the molecule is CCOC(=O)Cn1c(-c2cnccn2)nc2ccccc21. The summed E-state index contributed by atoms with van der Waals surface area (Å²) in [6, 6.07) is 7.63. The van der Waals surface area contributed by atoms with Gasteiger partial charge in [0.1, 0.15) is 12.2 Å². The number of carbonyl (C=O) groups excluding carboxylic acids is 1. The molecular formula is C15H14N4O2. The summed E-state index contributed by atoms with van der Waals surface area (Å²) < 4.78 is 6.83. The Morgan fingerprint density at radius 3 is 2.90 bits per heavy atom. The lowest BCUT2D eigenvalue weighted by Crippen LogP contribution is -2.14. The lowest BCUT2D eigenvalue weighted by atomic mass is 10.3. The van der Waals surface area contributed by atoms with Gasteiger partial charge in [-0.2, -0.15) is 0 Å². The van der Waals surface area contributed by atoms with Crippen LogP contribution in [0.15, 0.2) is 42.9 Å². The number of imidazole rings is 1. The Morgan fingerprint density at radius 2 is 2.14 bits per heavy atom. The van der Waals surface area contributed by atoms with Crippen LogP contribution in [-0.4, -0.2) is 32.1 Å². The Balaban J connectivity index is 2.12. The van der Waals surface area contributed by atoms with Crippen LogP contribution >= 0.6 is 0 Å². The molecule has 0 saturated carbocycles. The first-order valence-electron chi connectivity index (χ1n) is 6.67. The predicted octanol–water partition coefficient (Wildman–Crippen LogP) is 2.06. The Labute approximate surface area is 121 Å². The number of fused-ring (bicyclic) bond motifs is 1. The van der Waals surface area contributed by atoms with Gasteiger partial charge in [-0.15, -0.1) is 0 Å². The van der Waals surface area contributed by atoms with Crippen LogP contribution in [0.2, 0.25) is 0 Å². The molecule has 0 atom stereocenters. The molecule has 0 saturated heterocycles. The van der Waals surface area contributed by atoms with Crippen molar-refractivity contribution in [3.05, 3.63) is 42.9 Å². The van der Waals surface area contributed by atoms with E-state index in [2.05, 4.69) is 15.0 Å². The number of nitrogens with zero attached hydrogens (tertiary/aromatic N) is 4. The maximum Gasteiger partial charge on any atom is 0.326 e. The molecule has 3 rings (SSSR count). The normalized spacial score (nSPS) is 10.7. The molecule has 2 aromatic heterocycles. The van der Waals surface area contributed by atoms with Crippen molar-refractivity contribution < 1.29 is 9.53 Å². The summed E-state index contributed by atoms with van der Waals surface area (Å²) in [5.41, 5.74) is 2.30. The van der Waals surface area contributed by atoms with Crippen molar-refractivity contribution in [1.29, 1.82) is 0 Å². The van der Waals surface area contributed by atoms with Gasteiger partial charge in [-0.05, 0) is 19.1 Å². The predicted molar refractivity (Wildman–Crippen MR) is 77.4 cm³/mol. The van der Waals surface area contributed by atoms with Crippen molar-refractivity contribution >= 4 is 17.0 Å². The van der Waals surface area contributed by atoms with E-state index < -0.39 is 0 Å². The Morgan fingerprint density at radius 1 is 1.29 bits per heavy atom. The highest BCUT2D eigenvalue weighted by atomic mass is 16.5. The van der Waals surface area contributed by atoms with E-state index in [1.54, 1.807) is 30.1 Å². The minimum atomic E-state index is -0.300. The number of esters is 1. The maximum atomic E-state index is 11.8. The number of para-hydroxylation sites is 2. The van der Waals surface area contributed by atoms with Crippen LogP contribution < -0.4 is 0 Å². The summed E-state index contributed by atoms with van der Waals surface area (Å²) in [6.45, 7) is 2.24. The Hall–Kier alpha value is -2.76. The van der Waals surface area contributed by atoms with Crippen LogP contribution in [0.3, 0.4) is 0 Å². The fourth-order valence-corrected chi connectivity index (χ4v) is 2.18. The molecule has 0 aliphatic carbocycles.